The van der Waals surface area contributed by atoms with Crippen molar-refractivity contribution >= 4 is 5.82 Å². The predicted octanol–water partition coefficient (Wildman–Crippen LogP) is 2.52. The van der Waals surface area contributed by atoms with Crippen molar-refractivity contribution in [3.63, 3.8) is 0 Å². The molecule has 1 aromatic carbocycles. The number of rotatable bonds is 3. The number of nitrogens with two attached hydrogens (primary N) is 1. The first-order valence-corrected chi connectivity index (χ1v) is 4.93. The van der Waals surface area contributed by atoms with Gasteiger partial charge in [0.15, 0.2) is 11.6 Å². The number of hydrogen-bond acceptors (Lipinski definition) is 3. The summed E-state index contributed by atoms with van der Waals surface area (Å²) in [6.45, 7) is 0.221. The Morgan fingerprint density at radius 2 is 1.94 bits per heavy atom. The lowest BCUT2D eigenvalue weighted by Gasteiger charge is -2.06. The lowest BCUT2D eigenvalue weighted by molar-refractivity contribution is 0.303. The number of benzene rings is 1. The first-order chi connectivity index (χ1) is 8.15. The van der Waals surface area contributed by atoms with Crippen LogP contribution in [-0.4, -0.2) is 4.98 Å². The largest absolute Gasteiger partial charge is 0.489 e. The smallest absolute Gasteiger partial charge is 0.162 e. The monoisotopic (exact) mass is 236 g/mol. The van der Waals surface area contributed by atoms with Gasteiger partial charge in [-0.05, 0) is 18.2 Å². The van der Waals surface area contributed by atoms with Crippen molar-refractivity contribution in [2.75, 3.05) is 5.73 Å². The van der Waals surface area contributed by atoms with Gasteiger partial charge in [0.1, 0.15) is 18.2 Å². The average Bonchev–Trinajstić information content (AvgIpc) is 2.33. The van der Waals surface area contributed by atoms with E-state index in [2.05, 4.69) is 4.98 Å². The topological polar surface area (TPSA) is 48.1 Å². The molecule has 0 aliphatic carbocycles. The van der Waals surface area contributed by atoms with Crippen LogP contribution >= 0.6 is 0 Å². The molecule has 0 fully saturated rings. The summed E-state index contributed by atoms with van der Waals surface area (Å²) in [6, 6.07) is 6.78. The van der Waals surface area contributed by atoms with Crippen molar-refractivity contribution in [3.8, 4) is 5.75 Å². The number of pyridine rings is 1. The summed E-state index contributed by atoms with van der Waals surface area (Å²) in [4.78, 5) is 3.89. The minimum absolute atomic E-state index is 0.221. The van der Waals surface area contributed by atoms with Crippen molar-refractivity contribution in [2.24, 2.45) is 0 Å². The van der Waals surface area contributed by atoms with E-state index in [4.69, 9.17) is 10.5 Å². The number of anilines is 1. The number of halogens is 2. The molecule has 0 aliphatic rings. The van der Waals surface area contributed by atoms with E-state index in [0.29, 0.717) is 5.82 Å². The van der Waals surface area contributed by atoms with Crippen LogP contribution in [0.1, 0.15) is 5.56 Å². The molecule has 0 saturated carbocycles. The number of nitrogen functional groups attached to an aromatic ring is 1. The molecule has 17 heavy (non-hydrogen) atoms. The van der Waals surface area contributed by atoms with E-state index < -0.39 is 11.6 Å². The van der Waals surface area contributed by atoms with Crippen molar-refractivity contribution in [1.82, 2.24) is 4.98 Å². The summed E-state index contributed by atoms with van der Waals surface area (Å²) in [5, 5.41) is 0. The minimum atomic E-state index is -0.932. The average molecular weight is 236 g/mol. The molecule has 0 saturated heterocycles. The Labute approximate surface area is 96.9 Å². The van der Waals surface area contributed by atoms with E-state index in [9.17, 15) is 8.78 Å². The fourth-order valence-corrected chi connectivity index (χ4v) is 1.25. The second-order valence-corrected chi connectivity index (χ2v) is 3.46. The molecule has 2 N–H and O–H groups in total. The Bertz CT molecular complexity index is 514. The highest BCUT2D eigenvalue weighted by atomic mass is 19.2. The van der Waals surface area contributed by atoms with Crippen LogP contribution in [0, 0.1) is 11.6 Å². The van der Waals surface area contributed by atoms with Crippen molar-refractivity contribution in [3.05, 3.63) is 53.7 Å². The molecule has 5 heteroatoms. The molecule has 2 rings (SSSR count). The molecule has 0 bridgehead atoms. The molecule has 3 nitrogen and oxygen atoms in total. The third kappa shape index (κ3) is 2.90. The van der Waals surface area contributed by atoms with E-state index >= 15 is 0 Å². The van der Waals surface area contributed by atoms with Crippen LogP contribution in [0.3, 0.4) is 0 Å². The van der Waals surface area contributed by atoms with Crippen LogP contribution in [-0.2, 0) is 6.61 Å². The number of nitrogens with zero attached hydrogens (tertiary/aromatic N) is 1. The molecule has 0 unspecified atom stereocenters. The molecule has 0 amide bonds. The molecule has 1 heterocycles. The Balaban J connectivity index is 2.02. The van der Waals surface area contributed by atoms with E-state index in [-0.39, 0.29) is 12.4 Å². The van der Waals surface area contributed by atoms with Gasteiger partial charge in [-0.3, -0.25) is 0 Å². The highest BCUT2D eigenvalue weighted by Crippen LogP contribution is 2.16. The second-order valence-electron chi connectivity index (χ2n) is 3.46. The molecule has 0 aliphatic heterocycles. The maximum absolute atomic E-state index is 12.9. The molecule has 88 valence electrons. The van der Waals surface area contributed by atoms with Gasteiger partial charge in [0.05, 0.1) is 0 Å². The zero-order valence-electron chi connectivity index (χ0n) is 8.86. The van der Waals surface area contributed by atoms with Gasteiger partial charge < -0.3 is 10.5 Å². The van der Waals surface area contributed by atoms with Crippen LogP contribution in [0.2, 0.25) is 0 Å². The van der Waals surface area contributed by atoms with Gasteiger partial charge >= 0.3 is 0 Å². The fourth-order valence-electron chi connectivity index (χ4n) is 1.25. The molecule has 1 aromatic heterocycles. The summed E-state index contributed by atoms with van der Waals surface area (Å²) in [6.07, 6.45) is 1.56. The standard InChI is InChI=1S/C12H10F2N2O/c13-10-3-2-9(5-11(10)14)17-7-8-1-4-12(15)16-6-8/h1-6H,7H2,(H2,15,16). The van der Waals surface area contributed by atoms with Gasteiger partial charge in [0.2, 0.25) is 0 Å². The lowest BCUT2D eigenvalue weighted by atomic mass is 10.3. The van der Waals surface area contributed by atoms with Gasteiger partial charge in [0, 0.05) is 17.8 Å². The van der Waals surface area contributed by atoms with E-state index in [0.717, 1.165) is 17.7 Å². The zero-order valence-corrected chi connectivity index (χ0v) is 8.86. The Hall–Kier alpha value is -2.17. The number of ether oxygens (including phenoxy) is 1. The molecule has 0 radical (unpaired) electrons. The highest BCUT2D eigenvalue weighted by molar-refractivity contribution is 5.29. The maximum Gasteiger partial charge on any atom is 0.162 e. The van der Waals surface area contributed by atoms with Crippen molar-refractivity contribution < 1.29 is 13.5 Å². The first-order valence-electron chi connectivity index (χ1n) is 4.93. The van der Waals surface area contributed by atoms with Gasteiger partial charge in [-0.2, -0.15) is 0 Å². The van der Waals surface area contributed by atoms with Crippen LogP contribution < -0.4 is 10.5 Å². The van der Waals surface area contributed by atoms with Gasteiger partial charge in [-0.25, -0.2) is 13.8 Å². The zero-order chi connectivity index (χ0) is 12.3. The van der Waals surface area contributed by atoms with Crippen LogP contribution in [0.15, 0.2) is 36.5 Å². The summed E-state index contributed by atoms with van der Waals surface area (Å²) in [5.74, 6) is -1.15. The van der Waals surface area contributed by atoms with E-state index in [1.54, 1.807) is 18.3 Å². The highest BCUT2D eigenvalue weighted by Gasteiger charge is 2.03. The predicted molar refractivity (Wildman–Crippen MR) is 59.3 cm³/mol. The quantitative estimate of drug-likeness (QED) is 0.890. The van der Waals surface area contributed by atoms with Crippen molar-refractivity contribution in [1.29, 1.82) is 0 Å². The van der Waals surface area contributed by atoms with Gasteiger partial charge in [-0.15, -0.1) is 0 Å². The summed E-state index contributed by atoms with van der Waals surface area (Å²) >= 11 is 0. The summed E-state index contributed by atoms with van der Waals surface area (Å²) in [5.41, 5.74) is 6.22. The van der Waals surface area contributed by atoms with E-state index in [1.807, 2.05) is 0 Å². The van der Waals surface area contributed by atoms with Crippen LogP contribution in [0.5, 0.6) is 5.75 Å². The van der Waals surface area contributed by atoms with Gasteiger partial charge in [-0.1, -0.05) is 6.07 Å². The minimum Gasteiger partial charge on any atom is -0.489 e. The Morgan fingerprint density at radius 1 is 1.12 bits per heavy atom. The normalized spacial score (nSPS) is 10.2. The first kappa shape index (κ1) is 11.3. The number of hydrogen-bond donors (Lipinski definition) is 1. The summed E-state index contributed by atoms with van der Waals surface area (Å²) < 4.78 is 30.8. The molecular weight excluding hydrogens is 226 g/mol. The van der Waals surface area contributed by atoms with Crippen LogP contribution in [0.25, 0.3) is 0 Å². The third-order valence-corrected chi connectivity index (χ3v) is 2.14. The Morgan fingerprint density at radius 3 is 2.59 bits per heavy atom. The summed E-state index contributed by atoms with van der Waals surface area (Å²) in [7, 11) is 0. The molecular formula is C12H10F2N2O. The third-order valence-electron chi connectivity index (χ3n) is 2.14. The van der Waals surface area contributed by atoms with Gasteiger partial charge in [0.25, 0.3) is 0 Å². The molecule has 2 aromatic rings. The Kier molecular flexibility index (Phi) is 3.18. The second kappa shape index (κ2) is 4.78. The van der Waals surface area contributed by atoms with Crippen LogP contribution in [0.4, 0.5) is 14.6 Å². The SMILES string of the molecule is Nc1ccc(COc2ccc(F)c(F)c2)cn1. The maximum atomic E-state index is 12.9. The molecule has 0 atom stereocenters. The fraction of sp³-hybridized carbons (Fsp3) is 0.0833. The lowest BCUT2D eigenvalue weighted by Crippen LogP contribution is -1.98. The van der Waals surface area contributed by atoms with E-state index in [1.165, 1.54) is 6.07 Å². The number of aromatic nitrogens is 1. The van der Waals surface area contributed by atoms with Crippen molar-refractivity contribution in [2.45, 2.75) is 6.61 Å². The molecule has 0 spiro atoms.